The van der Waals surface area contributed by atoms with Gasteiger partial charge in [0.2, 0.25) is 11.4 Å². The molecule has 6 nitrogen and oxygen atoms in total. The molecular weight excluding hydrogens is 348 g/mol. The molecule has 6 heteroatoms. The standard InChI is InChI=1S/C21H38O6/c1-4-7-10-13-16(22)20(26,14-11-8-5-2)21(15-12-9-6-3)18(24)17(23)19(25)27-21/h16,22-24,26H,4-15H2,1-3H3/t16?,20-,21-/m0/s1. The van der Waals surface area contributed by atoms with Crippen molar-refractivity contribution in [1.29, 1.82) is 0 Å². The van der Waals surface area contributed by atoms with Gasteiger partial charge in [-0.2, -0.15) is 0 Å². The molecule has 3 atom stereocenters. The lowest BCUT2D eigenvalue weighted by Crippen LogP contribution is -2.62. The smallest absolute Gasteiger partial charge is 0.378 e. The van der Waals surface area contributed by atoms with E-state index >= 15 is 0 Å². The van der Waals surface area contributed by atoms with Gasteiger partial charge in [-0.1, -0.05) is 72.1 Å². The van der Waals surface area contributed by atoms with Crippen LogP contribution in [0.25, 0.3) is 0 Å². The number of unbranched alkanes of at least 4 members (excludes halogenated alkanes) is 6. The third-order valence-electron chi connectivity index (χ3n) is 5.69. The Bertz CT molecular complexity index is 503. The van der Waals surface area contributed by atoms with Crippen LogP contribution >= 0.6 is 0 Å². The van der Waals surface area contributed by atoms with Crippen molar-refractivity contribution in [2.45, 2.75) is 115 Å². The van der Waals surface area contributed by atoms with Gasteiger partial charge in [-0.3, -0.25) is 0 Å². The second-order valence-electron chi connectivity index (χ2n) is 7.76. The fraction of sp³-hybridized carbons (Fsp3) is 0.857. The van der Waals surface area contributed by atoms with E-state index in [1.165, 1.54) is 0 Å². The van der Waals surface area contributed by atoms with Crippen molar-refractivity contribution >= 4 is 5.97 Å². The lowest BCUT2D eigenvalue weighted by Gasteiger charge is -2.46. The van der Waals surface area contributed by atoms with E-state index in [1.807, 2.05) is 13.8 Å². The molecule has 4 N–H and O–H groups in total. The van der Waals surface area contributed by atoms with E-state index in [2.05, 4.69) is 6.92 Å². The highest BCUT2D eigenvalue weighted by molar-refractivity contribution is 5.90. The maximum absolute atomic E-state index is 12.0. The molecule has 0 aromatic rings. The quantitative estimate of drug-likeness (QED) is 0.260. The van der Waals surface area contributed by atoms with Gasteiger partial charge in [0, 0.05) is 0 Å². The van der Waals surface area contributed by atoms with Gasteiger partial charge < -0.3 is 25.2 Å². The molecule has 1 aliphatic heterocycles. The first-order chi connectivity index (χ1) is 12.8. The average molecular weight is 387 g/mol. The summed E-state index contributed by atoms with van der Waals surface area (Å²) in [6.45, 7) is 6.11. The fourth-order valence-electron chi connectivity index (χ4n) is 3.95. The number of esters is 1. The number of hydrogen-bond donors (Lipinski definition) is 4. The predicted molar refractivity (Wildman–Crippen MR) is 104 cm³/mol. The van der Waals surface area contributed by atoms with Gasteiger partial charge >= 0.3 is 5.97 Å². The number of aliphatic hydroxyl groups is 4. The first-order valence-corrected chi connectivity index (χ1v) is 10.6. The minimum atomic E-state index is -1.84. The predicted octanol–water partition coefficient (Wildman–Crippen LogP) is 4.44. The van der Waals surface area contributed by atoms with Crippen LogP contribution in [0.1, 0.15) is 97.8 Å². The third kappa shape index (κ3) is 5.17. The van der Waals surface area contributed by atoms with E-state index in [0.717, 1.165) is 44.9 Å². The van der Waals surface area contributed by atoms with Gasteiger partial charge in [0.25, 0.3) is 0 Å². The molecule has 0 saturated heterocycles. The molecule has 27 heavy (non-hydrogen) atoms. The molecule has 1 unspecified atom stereocenters. The zero-order valence-corrected chi connectivity index (χ0v) is 17.2. The summed E-state index contributed by atoms with van der Waals surface area (Å²) in [7, 11) is 0. The van der Waals surface area contributed by atoms with Gasteiger partial charge in [-0.25, -0.2) is 4.79 Å². The van der Waals surface area contributed by atoms with Crippen LogP contribution in [0.2, 0.25) is 0 Å². The van der Waals surface area contributed by atoms with Gasteiger partial charge in [-0.05, 0) is 25.7 Å². The van der Waals surface area contributed by atoms with E-state index in [1.54, 1.807) is 0 Å². The van der Waals surface area contributed by atoms with Crippen molar-refractivity contribution in [3.8, 4) is 0 Å². The molecule has 158 valence electrons. The maximum atomic E-state index is 12.0. The summed E-state index contributed by atoms with van der Waals surface area (Å²) in [6, 6.07) is 0. The lowest BCUT2D eigenvalue weighted by atomic mass is 9.70. The number of hydrogen-bond acceptors (Lipinski definition) is 6. The Kier molecular flexibility index (Phi) is 9.60. The first kappa shape index (κ1) is 23.8. The molecule has 1 rings (SSSR count). The molecule has 0 spiro atoms. The highest BCUT2D eigenvalue weighted by atomic mass is 16.6. The van der Waals surface area contributed by atoms with Crippen LogP contribution in [0.3, 0.4) is 0 Å². The van der Waals surface area contributed by atoms with E-state index in [0.29, 0.717) is 19.3 Å². The van der Waals surface area contributed by atoms with Crippen molar-refractivity contribution in [3.63, 3.8) is 0 Å². The topological polar surface area (TPSA) is 107 Å². The average Bonchev–Trinajstić information content (AvgIpc) is 2.87. The molecule has 0 aromatic carbocycles. The number of cyclic esters (lactones) is 1. The Morgan fingerprint density at radius 3 is 2.04 bits per heavy atom. The van der Waals surface area contributed by atoms with Crippen LogP contribution in [-0.4, -0.2) is 43.7 Å². The van der Waals surface area contributed by atoms with Crippen LogP contribution in [0.5, 0.6) is 0 Å². The van der Waals surface area contributed by atoms with Crippen molar-refractivity contribution in [2.75, 3.05) is 0 Å². The zero-order valence-electron chi connectivity index (χ0n) is 17.2. The molecule has 0 radical (unpaired) electrons. The molecule has 0 saturated carbocycles. The Morgan fingerprint density at radius 2 is 1.52 bits per heavy atom. The summed E-state index contributed by atoms with van der Waals surface area (Å²) in [5, 5.41) is 43.1. The Balaban J connectivity index is 3.25. The monoisotopic (exact) mass is 386 g/mol. The Hall–Kier alpha value is -1.27. The van der Waals surface area contributed by atoms with Gasteiger partial charge in [0.1, 0.15) is 5.60 Å². The number of aliphatic hydroxyl groups excluding tert-OH is 3. The Morgan fingerprint density at radius 1 is 0.963 bits per heavy atom. The van der Waals surface area contributed by atoms with Crippen LogP contribution in [0, 0.1) is 0 Å². The van der Waals surface area contributed by atoms with Crippen LogP contribution in [-0.2, 0) is 9.53 Å². The molecule has 0 aliphatic carbocycles. The summed E-state index contributed by atoms with van der Waals surface area (Å²) in [5.74, 6) is -2.54. The van der Waals surface area contributed by atoms with Gasteiger partial charge in [0.05, 0.1) is 6.10 Å². The molecule has 0 fully saturated rings. The number of rotatable bonds is 14. The van der Waals surface area contributed by atoms with Crippen molar-refractivity contribution < 1.29 is 30.0 Å². The van der Waals surface area contributed by atoms with Gasteiger partial charge in [-0.15, -0.1) is 0 Å². The minimum Gasteiger partial charge on any atom is -0.505 e. The van der Waals surface area contributed by atoms with E-state index in [9.17, 15) is 25.2 Å². The fourth-order valence-corrected chi connectivity index (χ4v) is 3.95. The second kappa shape index (κ2) is 10.9. The third-order valence-corrected chi connectivity index (χ3v) is 5.69. The lowest BCUT2D eigenvalue weighted by molar-refractivity contribution is -0.217. The maximum Gasteiger partial charge on any atom is 0.378 e. The SMILES string of the molecule is CCCCCC(O)[C@@](O)(CCCCC)[C@@]1(CCCCC)OC(=O)C(O)=C1O. The highest BCUT2D eigenvalue weighted by Crippen LogP contribution is 2.47. The van der Waals surface area contributed by atoms with Crippen molar-refractivity contribution in [3.05, 3.63) is 11.5 Å². The minimum absolute atomic E-state index is 0.163. The van der Waals surface area contributed by atoms with E-state index in [-0.39, 0.29) is 12.8 Å². The van der Waals surface area contributed by atoms with E-state index < -0.39 is 34.8 Å². The summed E-state index contributed by atoms with van der Waals surface area (Å²) >= 11 is 0. The number of carbonyl (C=O) groups is 1. The molecular formula is C21H38O6. The largest absolute Gasteiger partial charge is 0.505 e. The second-order valence-corrected chi connectivity index (χ2v) is 7.76. The molecule has 1 aliphatic rings. The summed E-state index contributed by atoms with van der Waals surface area (Å²) < 4.78 is 5.42. The summed E-state index contributed by atoms with van der Waals surface area (Å²) in [5.41, 5.74) is -3.63. The first-order valence-electron chi connectivity index (χ1n) is 10.6. The molecule has 0 bridgehead atoms. The van der Waals surface area contributed by atoms with Crippen LogP contribution in [0.4, 0.5) is 0 Å². The van der Waals surface area contributed by atoms with E-state index in [4.69, 9.17) is 4.74 Å². The molecule has 0 aromatic heterocycles. The van der Waals surface area contributed by atoms with Crippen molar-refractivity contribution in [2.24, 2.45) is 0 Å². The van der Waals surface area contributed by atoms with Crippen LogP contribution in [0.15, 0.2) is 11.5 Å². The van der Waals surface area contributed by atoms with Gasteiger partial charge in [0.15, 0.2) is 5.76 Å². The normalized spacial score (nSPS) is 23.4. The zero-order chi connectivity index (χ0) is 20.5. The number of ether oxygens (including phenoxy) is 1. The number of carbonyl (C=O) groups excluding carboxylic acids is 1. The van der Waals surface area contributed by atoms with Crippen LogP contribution < -0.4 is 0 Å². The summed E-state index contributed by atoms with van der Waals surface area (Å²) in [4.78, 5) is 12.0. The molecule has 1 heterocycles. The Labute approximate surface area is 163 Å². The highest BCUT2D eigenvalue weighted by Gasteiger charge is 2.64. The van der Waals surface area contributed by atoms with Crippen molar-refractivity contribution in [1.82, 2.24) is 0 Å². The summed E-state index contributed by atoms with van der Waals surface area (Å²) in [6.07, 6.45) is 6.87. The molecule has 0 amide bonds.